The fourth-order valence-corrected chi connectivity index (χ4v) is 0.773. The maximum Gasteiger partial charge on any atom is 2.00 e. The Morgan fingerprint density at radius 2 is 1.26 bits per heavy atom. The van der Waals surface area contributed by atoms with Crippen molar-refractivity contribution >= 4 is 11.9 Å². The zero-order valence-electron chi connectivity index (χ0n) is 9.44. The molecule has 96 valence electrons. The standard InChI is InChI=1S/2C3H4N4O2.Zn/c2*8-3(9)1-2-4-6-7-5-2;/h2*1H2,(H,8,9)(H,4,5,6,7);/q;;+2/p-2. The minimum absolute atomic E-state index is 0. The number of carboxylic acid groups (broad SMARTS) is 2. The molecule has 0 aromatic carbocycles. The molecule has 2 N–H and O–H groups in total. The van der Waals surface area contributed by atoms with Crippen molar-refractivity contribution in [2.45, 2.75) is 12.8 Å². The number of carbonyl (C=O) groups excluding carboxylic acids is 2. The monoisotopic (exact) mass is 318 g/mol. The van der Waals surface area contributed by atoms with Crippen LogP contribution in [0, 0.1) is 0 Å². The van der Waals surface area contributed by atoms with Gasteiger partial charge in [-0.3, -0.25) is 0 Å². The van der Waals surface area contributed by atoms with Crippen molar-refractivity contribution in [3.63, 3.8) is 0 Å². The number of carbonyl (C=O) groups is 2. The van der Waals surface area contributed by atoms with E-state index in [2.05, 4.69) is 41.2 Å². The summed E-state index contributed by atoms with van der Waals surface area (Å²) in [6.45, 7) is 0. The summed E-state index contributed by atoms with van der Waals surface area (Å²) in [5.74, 6) is -2.15. The van der Waals surface area contributed by atoms with Crippen molar-refractivity contribution < 1.29 is 39.3 Å². The molecule has 2 aromatic heterocycles. The van der Waals surface area contributed by atoms with Gasteiger partial charge in [0.2, 0.25) is 0 Å². The molecule has 19 heavy (non-hydrogen) atoms. The van der Waals surface area contributed by atoms with Gasteiger partial charge in [0, 0.05) is 11.9 Å². The fraction of sp³-hybridized carbons (Fsp3) is 0.333. The summed E-state index contributed by atoms with van der Waals surface area (Å²) in [7, 11) is 0. The van der Waals surface area contributed by atoms with Gasteiger partial charge in [0.15, 0.2) is 11.6 Å². The van der Waals surface area contributed by atoms with Crippen molar-refractivity contribution in [3.8, 4) is 0 Å². The van der Waals surface area contributed by atoms with E-state index in [9.17, 15) is 19.8 Å². The molecule has 0 radical (unpaired) electrons. The molecule has 0 amide bonds. The van der Waals surface area contributed by atoms with E-state index in [4.69, 9.17) is 0 Å². The van der Waals surface area contributed by atoms with E-state index in [1.54, 1.807) is 0 Å². The zero-order valence-corrected chi connectivity index (χ0v) is 12.4. The van der Waals surface area contributed by atoms with E-state index in [0.717, 1.165) is 0 Å². The summed E-state index contributed by atoms with van der Waals surface area (Å²) in [5, 5.41) is 43.7. The molecule has 0 aliphatic heterocycles. The predicted octanol–water partition coefficient (Wildman–Crippen LogP) is -5.02. The second-order valence-electron chi connectivity index (χ2n) is 2.75. The van der Waals surface area contributed by atoms with Crippen LogP contribution in [0.3, 0.4) is 0 Å². The molecule has 2 rings (SSSR count). The van der Waals surface area contributed by atoms with Gasteiger partial charge in [0.1, 0.15) is 0 Å². The summed E-state index contributed by atoms with van der Waals surface area (Å²) >= 11 is 0. The summed E-state index contributed by atoms with van der Waals surface area (Å²) in [5.41, 5.74) is 0. The fourth-order valence-electron chi connectivity index (χ4n) is 0.773. The van der Waals surface area contributed by atoms with Crippen LogP contribution in [0.15, 0.2) is 0 Å². The van der Waals surface area contributed by atoms with Gasteiger partial charge >= 0.3 is 19.5 Å². The number of aliphatic carboxylic acids is 2. The molecule has 0 saturated carbocycles. The van der Waals surface area contributed by atoms with Crippen LogP contribution in [0.25, 0.3) is 0 Å². The third-order valence-corrected chi connectivity index (χ3v) is 1.38. The normalized spacial score (nSPS) is 8.84. The third-order valence-electron chi connectivity index (χ3n) is 1.38. The average molecular weight is 320 g/mol. The molecule has 2 aromatic rings. The van der Waals surface area contributed by atoms with Gasteiger partial charge in [-0.25, -0.2) is 0 Å². The average Bonchev–Trinajstić information content (AvgIpc) is 2.90. The smallest absolute Gasteiger partial charge is 0.550 e. The number of aromatic nitrogens is 8. The van der Waals surface area contributed by atoms with E-state index < -0.39 is 11.9 Å². The number of hydrogen-bond donors (Lipinski definition) is 2. The first-order valence-electron chi connectivity index (χ1n) is 4.42. The van der Waals surface area contributed by atoms with Crippen LogP contribution in [0.5, 0.6) is 0 Å². The Balaban J connectivity index is 0.000000324. The van der Waals surface area contributed by atoms with Crippen LogP contribution in [0.1, 0.15) is 11.6 Å². The van der Waals surface area contributed by atoms with E-state index >= 15 is 0 Å². The largest absolute Gasteiger partial charge is 2.00 e. The first kappa shape index (κ1) is 16.7. The van der Waals surface area contributed by atoms with Crippen LogP contribution >= 0.6 is 0 Å². The summed E-state index contributed by atoms with van der Waals surface area (Å²) < 4.78 is 0. The summed E-state index contributed by atoms with van der Waals surface area (Å²) in [6, 6.07) is 0. The van der Waals surface area contributed by atoms with Crippen molar-refractivity contribution in [1.29, 1.82) is 0 Å². The maximum absolute atomic E-state index is 9.83. The molecule has 13 heteroatoms. The second kappa shape index (κ2) is 8.74. The second-order valence-corrected chi connectivity index (χ2v) is 2.75. The molecular weight excluding hydrogens is 314 g/mol. The molecule has 0 saturated heterocycles. The minimum Gasteiger partial charge on any atom is -0.550 e. The van der Waals surface area contributed by atoms with Crippen LogP contribution in [0.2, 0.25) is 0 Å². The number of tetrazole rings is 2. The van der Waals surface area contributed by atoms with Crippen molar-refractivity contribution in [2.24, 2.45) is 0 Å². The molecule has 0 aliphatic rings. The number of rotatable bonds is 4. The maximum atomic E-state index is 9.83. The van der Waals surface area contributed by atoms with Gasteiger partial charge in [0.25, 0.3) is 0 Å². The minimum atomic E-state index is -1.21. The van der Waals surface area contributed by atoms with Crippen molar-refractivity contribution in [3.05, 3.63) is 11.6 Å². The zero-order chi connectivity index (χ0) is 13.4. The predicted molar refractivity (Wildman–Crippen MR) is 45.8 cm³/mol. The van der Waals surface area contributed by atoms with Gasteiger partial charge in [-0.1, -0.05) is 10.4 Å². The van der Waals surface area contributed by atoms with Crippen LogP contribution in [-0.2, 0) is 41.9 Å². The molecule has 0 unspecified atom stereocenters. The molecule has 0 spiro atoms. The molecular formula is C6H6N8O4Zn. The molecule has 0 fully saturated rings. The van der Waals surface area contributed by atoms with Gasteiger partial charge in [0.05, 0.1) is 12.8 Å². The van der Waals surface area contributed by atoms with E-state index in [-0.39, 0.29) is 44.0 Å². The first-order valence-corrected chi connectivity index (χ1v) is 4.42. The number of hydrogen-bond acceptors (Lipinski definition) is 10. The quantitative estimate of drug-likeness (QED) is 0.516. The van der Waals surface area contributed by atoms with Gasteiger partial charge < -0.3 is 19.8 Å². The molecule has 0 atom stereocenters. The van der Waals surface area contributed by atoms with Crippen LogP contribution in [0.4, 0.5) is 0 Å². The summed E-state index contributed by atoms with van der Waals surface area (Å²) in [4.78, 5) is 19.7. The Bertz CT molecular complexity index is 439. The Morgan fingerprint density at radius 3 is 1.47 bits per heavy atom. The van der Waals surface area contributed by atoms with Crippen molar-refractivity contribution in [1.82, 2.24) is 41.2 Å². The molecule has 12 nitrogen and oxygen atoms in total. The SMILES string of the molecule is O=C([O-])Cc1nn[nH]n1.O=C([O-])Cc1nn[nH]n1.[Zn+2]. The molecule has 0 aliphatic carbocycles. The Kier molecular flexibility index (Phi) is 7.69. The van der Waals surface area contributed by atoms with Crippen molar-refractivity contribution in [2.75, 3.05) is 0 Å². The van der Waals surface area contributed by atoms with Crippen LogP contribution in [-0.4, -0.2) is 53.2 Å². The Labute approximate surface area is 117 Å². The number of nitrogens with one attached hydrogen (secondary N) is 2. The van der Waals surface area contributed by atoms with Gasteiger partial charge in [-0.05, 0) is 0 Å². The number of carboxylic acids is 2. The summed E-state index contributed by atoms with van der Waals surface area (Å²) in [6.07, 6.45) is -0.590. The number of nitrogens with zero attached hydrogens (tertiary/aromatic N) is 6. The molecule has 0 bridgehead atoms. The van der Waals surface area contributed by atoms with Gasteiger partial charge in [-0.15, -0.1) is 20.4 Å². The van der Waals surface area contributed by atoms with Crippen LogP contribution < -0.4 is 10.2 Å². The Morgan fingerprint density at radius 1 is 0.895 bits per heavy atom. The Hall–Kier alpha value is -2.30. The topological polar surface area (TPSA) is 189 Å². The number of H-pyrrole nitrogens is 2. The van der Waals surface area contributed by atoms with E-state index in [1.165, 1.54) is 0 Å². The first-order chi connectivity index (χ1) is 8.58. The third kappa shape index (κ3) is 7.60. The number of aromatic amines is 2. The van der Waals surface area contributed by atoms with E-state index in [0.29, 0.717) is 0 Å². The van der Waals surface area contributed by atoms with E-state index in [1.807, 2.05) is 0 Å². The van der Waals surface area contributed by atoms with Gasteiger partial charge in [-0.2, -0.15) is 10.4 Å². The molecule has 2 heterocycles.